The van der Waals surface area contributed by atoms with Crippen molar-refractivity contribution in [3.63, 3.8) is 0 Å². The molecule has 1 aromatic heterocycles. The fourth-order valence-electron chi connectivity index (χ4n) is 0.871. The number of nitrogens with one attached hydrogen (secondary N) is 1. The van der Waals surface area contributed by atoms with Crippen LogP contribution in [0.15, 0.2) is 12.3 Å². The van der Waals surface area contributed by atoms with Crippen molar-refractivity contribution in [1.29, 1.82) is 0 Å². The van der Waals surface area contributed by atoms with E-state index in [1.165, 1.54) is 0 Å². The molecule has 0 fully saturated rings. The normalized spacial score (nSPS) is 11.3. The number of carbonyl (C=O) groups excluding carboxylic acids is 1. The summed E-state index contributed by atoms with van der Waals surface area (Å²) in [4.78, 5) is 15.7. The van der Waals surface area contributed by atoms with Crippen molar-refractivity contribution in [1.82, 2.24) is 4.98 Å². The Bertz CT molecular complexity index is 383. The van der Waals surface area contributed by atoms with E-state index in [0.29, 0.717) is 10.8 Å². The third-order valence-electron chi connectivity index (χ3n) is 1.96. The minimum Gasteiger partial charge on any atom is -0.310 e. The van der Waals surface area contributed by atoms with Crippen molar-refractivity contribution >= 4 is 23.3 Å². The molecule has 1 amide bonds. The van der Waals surface area contributed by atoms with Crippen molar-refractivity contribution < 1.29 is 4.79 Å². The van der Waals surface area contributed by atoms with E-state index in [1.54, 1.807) is 12.3 Å². The minimum atomic E-state index is -0.432. The van der Waals surface area contributed by atoms with E-state index in [9.17, 15) is 4.79 Å². The number of anilines is 1. The first-order valence-electron chi connectivity index (χ1n) is 4.74. The number of hydrogen-bond donors (Lipinski definition) is 1. The Balaban J connectivity index is 2.83. The molecule has 0 unspecified atom stereocenters. The van der Waals surface area contributed by atoms with Gasteiger partial charge in [-0.1, -0.05) is 32.4 Å². The van der Waals surface area contributed by atoms with E-state index in [2.05, 4.69) is 10.3 Å². The highest BCUT2D eigenvalue weighted by Crippen LogP contribution is 2.20. The molecule has 0 aliphatic rings. The molecule has 0 aromatic carbocycles. The Morgan fingerprint density at radius 2 is 2.07 bits per heavy atom. The quantitative estimate of drug-likeness (QED) is 0.800. The first-order valence-corrected chi connectivity index (χ1v) is 5.12. The maximum absolute atomic E-state index is 11.6. The van der Waals surface area contributed by atoms with Gasteiger partial charge in [0.05, 0.1) is 0 Å². The summed E-state index contributed by atoms with van der Waals surface area (Å²) >= 11 is 5.92. The SMILES string of the molecule is Cc1cnc(NC(=O)C(C)(C)C)cc1Cl. The molecule has 1 rings (SSSR count). The van der Waals surface area contributed by atoms with Gasteiger partial charge in [-0.2, -0.15) is 0 Å². The number of rotatable bonds is 1. The van der Waals surface area contributed by atoms with Crippen LogP contribution >= 0.6 is 11.6 Å². The lowest BCUT2D eigenvalue weighted by atomic mass is 9.96. The summed E-state index contributed by atoms with van der Waals surface area (Å²) in [5.41, 5.74) is 0.462. The zero-order valence-corrected chi connectivity index (χ0v) is 10.1. The van der Waals surface area contributed by atoms with E-state index in [-0.39, 0.29) is 5.91 Å². The molecular weight excluding hydrogens is 212 g/mol. The van der Waals surface area contributed by atoms with Gasteiger partial charge in [0, 0.05) is 16.6 Å². The molecule has 1 aromatic rings. The van der Waals surface area contributed by atoms with E-state index in [0.717, 1.165) is 5.56 Å². The maximum atomic E-state index is 11.6. The molecule has 0 bridgehead atoms. The number of halogens is 1. The van der Waals surface area contributed by atoms with Crippen LogP contribution in [-0.2, 0) is 4.79 Å². The Morgan fingerprint density at radius 1 is 1.47 bits per heavy atom. The van der Waals surface area contributed by atoms with Gasteiger partial charge in [-0.25, -0.2) is 4.98 Å². The smallest absolute Gasteiger partial charge is 0.230 e. The Labute approximate surface area is 94.9 Å². The monoisotopic (exact) mass is 226 g/mol. The number of amides is 1. The second kappa shape index (κ2) is 4.19. The largest absolute Gasteiger partial charge is 0.310 e. The summed E-state index contributed by atoms with van der Waals surface area (Å²) < 4.78 is 0. The molecule has 0 aliphatic heterocycles. The fraction of sp³-hybridized carbons (Fsp3) is 0.455. The van der Waals surface area contributed by atoms with Gasteiger partial charge in [0.2, 0.25) is 5.91 Å². The second-order valence-corrected chi connectivity index (χ2v) is 4.93. The molecule has 0 saturated carbocycles. The number of nitrogens with zero attached hydrogens (tertiary/aromatic N) is 1. The summed E-state index contributed by atoms with van der Waals surface area (Å²) in [6.45, 7) is 7.40. The molecule has 15 heavy (non-hydrogen) atoms. The molecular formula is C11H15ClN2O. The van der Waals surface area contributed by atoms with Crippen molar-refractivity contribution in [3.05, 3.63) is 22.8 Å². The van der Waals surface area contributed by atoms with Crippen LogP contribution in [0.1, 0.15) is 26.3 Å². The molecule has 3 nitrogen and oxygen atoms in total. The summed E-state index contributed by atoms with van der Waals surface area (Å²) in [5.74, 6) is 0.417. The fourth-order valence-corrected chi connectivity index (χ4v) is 1.02. The number of hydrogen-bond acceptors (Lipinski definition) is 2. The van der Waals surface area contributed by atoms with Gasteiger partial charge >= 0.3 is 0 Å². The first kappa shape index (κ1) is 12.0. The highest BCUT2D eigenvalue weighted by atomic mass is 35.5. The van der Waals surface area contributed by atoms with Crippen LogP contribution in [0.4, 0.5) is 5.82 Å². The average molecular weight is 227 g/mol. The molecule has 82 valence electrons. The van der Waals surface area contributed by atoms with Crippen molar-refractivity contribution in [2.45, 2.75) is 27.7 Å². The van der Waals surface area contributed by atoms with Crippen LogP contribution in [0.2, 0.25) is 5.02 Å². The Kier molecular flexibility index (Phi) is 3.35. The molecule has 1 heterocycles. The van der Waals surface area contributed by atoms with Crippen molar-refractivity contribution in [2.75, 3.05) is 5.32 Å². The number of carbonyl (C=O) groups is 1. The summed E-state index contributed by atoms with van der Waals surface area (Å²) in [6.07, 6.45) is 1.64. The van der Waals surface area contributed by atoms with Crippen molar-refractivity contribution in [2.24, 2.45) is 5.41 Å². The lowest BCUT2D eigenvalue weighted by molar-refractivity contribution is -0.123. The van der Waals surface area contributed by atoms with Gasteiger partial charge in [-0.15, -0.1) is 0 Å². The van der Waals surface area contributed by atoms with Crippen LogP contribution in [0, 0.1) is 12.3 Å². The third kappa shape index (κ3) is 3.20. The number of aryl methyl sites for hydroxylation is 1. The summed E-state index contributed by atoms with van der Waals surface area (Å²) in [6, 6.07) is 1.65. The maximum Gasteiger partial charge on any atom is 0.230 e. The molecule has 0 saturated heterocycles. The average Bonchev–Trinajstić information content (AvgIpc) is 2.10. The lowest BCUT2D eigenvalue weighted by Gasteiger charge is -2.17. The molecule has 4 heteroatoms. The van der Waals surface area contributed by atoms with Crippen LogP contribution in [0.5, 0.6) is 0 Å². The predicted octanol–water partition coefficient (Wildman–Crippen LogP) is 3.03. The van der Waals surface area contributed by atoms with E-state index in [4.69, 9.17) is 11.6 Å². The Morgan fingerprint density at radius 3 is 2.53 bits per heavy atom. The zero-order chi connectivity index (χ0) is 11.6. The molecule has 1 N–H and O–H groups in total. The van der Waals surface area contributed by atoms with Gasteiger partial charge < -0.3 is 5.32 Å². The van der Waals surface area contributed by atoms with E-state index in [1.807, 2.05) is 27.7 Å². The van der Waals surface area contributed by atoms with Crippen molar-refractivity contribution in [3.8, 4) is 0 Å². The van der Waals surface area contributed by atoms with Gasteiger partial charge in [-0.3, -0.25) is 4.79 Å². The van der Waals surface area contributed by atoms with E-state index < -0.39 is 5.41 Å². The van der Waals surface area contributed by atoms with Crippen LogP contribution < -0.4 is 5.32 Å². The summed E-state index contributed by atoms with van der Waals surface area (Å²) in [5, 5.41) is 3.32. The number of pyridine rings is 1. The van der Waals surface area contributed by atoms with Crippen LogP contribution in [0.25, 0.3) is 0 Å². The van der Waals surface area contributed by atoms with Crippen LogP contribution in [0.3, 0.4) is 0 Å². The molecule has 0 spiro atoms. The molecule has 0 aliphatic carbocycles. The van der Waals surface area contributed by atoms with E-state index >= 15 is 0 Å². The van der Waals surface area contributed by atoms with Gasteiger partial charge in [-0.05, 0) is 18.6 Å². The second-order valence-electron chi connectivity index (χ2n) is 4.52. The lowest BCUT2D eigenvalue weighted by Crippen LogP contribution is -2.28. The third-order valence-corrected chi connectivity index (χ3v) is 2.37. The molecule has 0 atom stereocenters. The van der Waals surface area contributed by atoms with Gasteiger partial charge in [0.15, 0.2) is 0 Å². The minimum absolute atomic E-state index is 0.0741. The predicted molar refractivity (Wildman–Crippen MR) is 62.1 cm³/mol. The number of aromatic nitrogens is 1. The highest BCUT2D eigenvalue weighted by molar-refractivity contribution is 6.31. The topological polar surface area (TPSA) is 42.0 Å². The van der Waals surface area contributed by atoms with Gasteiger partial charge in [0.1, 0.15) is 5.82 Å². The first-order chi connectivity index (χ1) is 6.80. The van der Waals surface area contributed by atoms with Gasteiger partial charge in [0.25, 0.3) is 0 Å². The molecule has 0 radical (unpaired) electrons. The standard InChI is InChI=1S/C11H15ClN2O/c1-7-6-13-9(5-8(7)12)14-10(15)11(2,3)4/h5-6H,1-4H3,(H,13,14,15). The Hall–Kier alpha value is -1.09. The summed E-state index contributed by atoms with van der Waals surface area (Å²) in [7, 11) is 0. The zero-order valence-electron chi connectivity index (χ0n) is 9.39. The highest BCUT2D eigenvalue weighted by Gasteiger charge is 2.21. The van der Waals surface area contributed by atoms with Crippen LogP contribution in [-0.4, -0.2) is 10.9 Å².